The Bertz CT molecular complexity index is 2260. The highest BCUT2D eigenvalue weighted by Crippen LogP contribution is 2.35. The van der Waals surface area contributed by atoms with Gasteiger partial charge in [-0.05, 0) is 79.0 Å². The number of carbonyl (C=O) groups is 4. The lowest BCUT2D eigenvalue weighted by Gasteiger charge is -2.30. The van der Waals surface area contributed by atoms with Gasteiger partial charge in [-0.15, -0.1) is 0 Å². The fourth-order valence-electron chi connectivity index (χ4n) is 7.84. The van der Waals surface area contributed by atoms with Gasteiger partial charge in [0.1, 0.15) is 23.7 Å². The number of H-pyrrole nitrogens is 2. The molecule has 294 valence electrons. The molecule has 2 aromatic carbocycles. The van der Waals surface area contributed by atoms with Gasteiger partial charge in [0, 0.05) is 18.5 Å². The number of rotatable bonds is 10. The predicted octanol–water partition coefficient (Wildman–Crippen LogP) is 6.26. The van der Waals surface area contributed by atoms with E-state index in [4.69, 9.17) is 19.4 Å². The summed E-state index contributed by atoms with van der Waals surface area (Å²) < 4.78 is 9.53. The zero-order chi connectivity index (χ0) is 39.7. The van der Waals surface area contributed by atoms with Crippen molar-refractivity contribution in [3.8, 4) is 22.5 Å². The molecule has 4 N–H and O–H groups in total. The molecule has 3 aromatic heterocycles. The highest BCUT2D eigenvalue weighted by molar-refractivity contribution is 5.90. The highest BCUT2D eigenvalue weighted by Gasteiger charge is 2.39. The van der Waals surface area contributed by atoms with E-state index in [1.54, 1.807) is 11.1 Å². The second-order valence-corrected chi connectivity index (χ2v) is 15.2. The molecule has 0 unspecified atom stereocenters. The summed E-state index contributed by atoms with van der Waals surface area (Å²) in [5, 5.41) is 6.37. The third-order valence-corrected chi connectivity index (χ3v) is 10.9. The number of imidazole rings is 2. The van der Waals surface area contributed by atoms with Crippen LogP contribution in [0.25, 0.3) is 44.5 Å². The summed E-state index contributed by atoms with van der Waals surface area (Å²) in [5.41, 5.74) is 6.02. The average molecular weight is 764 g/mol. The molecule has 4 atom stereocenters. The standard InChI is InChI=1S/C41H49N9O6/c1-22(2)34(47-40(53)55-5)38(51)49-17-7-9-32(49)36-42-21-31(46-36)29-16-13-26-19-24(11-14-27(26)43-29)25-12-15-28-30(20-25)45-37(44-28)33-10-8-18-50(33)39(52)35(23(3)4)48-41(54)56-6/h11-16,19-23,32-35H,7-10,17-18H2,1-6H3,(H,42,46)(H,44,45)(H,47,53)(H,48,54)/t32-,33-,34-,35-/m0/s1. The van der Waals surface area contributed by atoms with Crippen molar-refractivity contribution in [2.24, 2.45) is 11.8 Å². The number of benzene rings is 2. The molecule has 15 nitrogen and oxygen atoms in total. The number of nitrogens with zero attached hydrogens (tertiary/aromatic N) is 5. The van der Waals surface area contributed by atoms with Crippen molar-refractivity contribution in [2.75, 3.05) is 27.3 Å². The number of methoxy groups -OCH3 is 2. The van der Waals surface area contributed by atoms with Gasteiger partial charge in [0.15, 0.2) is 0 Å². The molecule has 2 aliphatic rings. The summed E-state index contributed by atoms with van der Waals surface area (Å²) in [4.78, 5) is 76.1. The molecule has 5 aromatic rings. The molecule has 0 spiro atoms. The number of likely N-dealkylation sites (tertiary alicyclic amines) is 2. The maximum absolute atomic E-state index is 13.6. The Hall–Kier alpha value is -5.99. The van der Waals surface area contributed by atoms with Crippen molar-refractivity contribution in [3.05, 3.63) is 66.4 Å². The molecule has 2 aliphatic heterocycles. The van der Waals surface area contributed by atoms with Crippen LogP contribution in [0, 0.1) is 11.8 Å². The molecular weight excluding hydrogens is 715 g/mol. The number of pyridine rings is 1. The van der Waals surface area contributed by atoms with Crippen LogP contribution in [0.5, 0.6) is 0 Å². The average Bonchev–Trinajstić information content (AvgIpc) is 4.03. The van der Waals surface area contributed by atoms with Crippen LogP contribution < -0.4 is 10.6 Å². The minimum absolute atomic E-state index is 0.113. The van der Waals surface area contributed by atoms with Gasteiger partial charge in [-0.3, -0.25) is 9.59 Å². The molecule has 2 saturated heterocycles. The van der Waals surface area contributed by atoms with Crippen LogP contribution in [0.1, 0.15) is 77.1 Å². The van der Waals surface area contributed by atoms with E-state index in [-0.39, 0.29) is 35.7 Å². The normalized spacial score (nSPS) is 18.1. The van der Waals surface area contributed by atoms with Crippen LogP contribution in [0.2, 0.25) is 0 Å². The molecule has 0 saturated carbocycles. The summed E-state index contributed by atoms with van der Waals surface area (Å²) in [6.45, 7) is 8.75. The first-order valence-electron chi connectivity index (χ1n) is 19.2. The predicted molar refractivity (Wildman–Crippen MR) is 210 cm³/mol. The first-order valence-corrected chi connectivity index (χ1v) is 19.2. The maximum Gasteiger partial charge on any atom is 0.407 e. The summed E-state index contributed by atoms with van der Waals surface area (Å²) in [6.07, 6.45) is 3.69. The highest BCUT2D eigenvalue weighted by atomic mass is 16.5. The van der Waals surface area contributed by atoms with Crippen LogP contribution in [0.3, 0.4) is 0 Å². The minimum Gasteiger partial charge on any atom is -0.453 e. The number of carbonyl (C=O) groups excluding carboxylic acids is 4. The smallest absolute Gasteiger partial charge is 0.407 e. The summed E-state index contributed by atoms with van der Waals surface area (Å²) in [6, 6.07) is 14.4. The van der Waals surface area contributed by atoms with E-state index in [1.807, 2.05) is 69.0 Å². The van der Waals surface area contributed by atoms with Crippen molar-refractivity contribution in [1.29, 1.82) is 0 Å². The molecule has 7 rings (SSSR count). The molecule has 2 fully saturated rings. The van der Waals surface area contributed by atoms with E-state index in [0.29, 0.717) is 18.9 Å². The zero-order valence-corrected chi connectivity index (χ0v) is 32.6. The largest absolute Gasteiger partial charge is 0.453 e. The van der Waals surface area contributed by atoms with Crippen molar-refractivity contribution in [1.82, 2.24) is 45.4 Å². The van der Waals surface area contributed by atoms with Gasteiger partial charge in [0.25, 0.3) is 0 Å². The molecule has 0 radical (unpaired) electrons. The third kappa shape index (κ3) is 7.62. The number of aromatic nitrogens is 5. The molecular formula is C41H49N9O6. The minimum atomic E-state index is -0.703. The number of nitrogens with one attached hydrogen (secondary N) is 4. The quantitative estimate of drug-likeness (QED) is 0.127. The Morgan fingerprint density at radius 3 is 1.88 bits per heavy atom. The lowest BCUT2D eigenvalue weighted by molar-refractivity contribution is -0.136. The number of aromatic amines is 2. The summed E-state index contributed by atoms with van der Waals surface area (Å²) in [7, 11) is 2.57. The molecule has 5 heterocycles. The second-order valence-electron chi connectivity index (χ2n) is 15.2. The molecule has 56 heavy (non-hydrogen) atoms. The van der Waals surface area contributed by atoms with Gasteiger partial charge >= 0.3 is 12.2 Å². The van der Waals surface area contributed by atoms with Crippen LogP contribution in [-0.2, 0) is 19.1 Å². The van der Waals surface area contributed by atoms with Crippen LogP contribution in [-0.4, -0.2) is 98.1 Å². The number of amides is 4. The number of hydrogen-bond donors (Lipinski definition) is 4. The van der Waals surface area contributed by atoms with E-state index >= 15 is 0 Å². The maximum atomic E-state index is 13.6. The van der Waals surface area contributed by atoms with Gasteiger partial charge in [0.05, 0.1) is 60.4 Å². The Balaban J connectivity index is 1.07. The Kier molecular flexibility index (Phi) is 10.9. The number of ether oxygens (including phenoxy) is 2. The lowest BCUT2D eigenvalue weighted by Crippen LogP contribution is -2.51. The molecule has 0 aliphatic carbocycles. The summed E-state index contributed by atoms with van der Waals surface area (Å²) >= 11 is 0. The monoisotopic (exact) mass is 763 g/mol. The Morgan fingerprint density at radius 1 is 0.714 bits per heavy atom. The lowest BCUT2D eigenvalue weighted by atomic mass is 10.0. The van der Waals surface area contributed by atoms with Crippen molar-refractivity contribution in [2.45, 2.75) is 77.5 Å². The first-order chi connectivity index (χ1) is 26.9. The first kappa shape index (κ1) is 38.3. The van der Waals surface area contributed by atoms with E-state index in [9.17, 15) is 19.2 Å². The third-order valence-electron chi connectivity index (χ3n) is 10.9. The van der Waals surface area contributed by atoms with Gasteiger partial charge < -0.3 is 39.9 Å². The van der Waals surface area contributed by atoms with Crippen molar-refractivity contribution in [3.63, 3.8) is 0 Å². The van der Waals surface area contributed by atoms with E-state index in [1.165, 1.54) is 14.2 Å². The zero-order valence-electron chi connectivity index (χ0n) is 32.6. The van der Waals surface area contributed by atoms with Gasteiger partial charge in [0.2, 0.25) is 11.8 Å². The number of hydrogen-bond acceptors (Lipinski definition) is 9. The fourth-order valence-corrected chi connectivity index (χ4v) is 7.84. The van der Waals surface area contributed by atoms with E-state index in [2.05, 4.69) is 37.7 Å². The van der Waals surface area contributed by atoms with Crippen molar-refractivity contribution < 1.29 is 28.7 Å². The van der Waals surface area contributed by atoms with Gasteiger partial charge in [-0.2, -0.15) is 0 Å². The fraction of sp³-hybridized carbons (Fsp3) is 0.439. The SMILES string of the molecule is COC(=O)N[C@H](C(=O)N1CCC[C@H]1c1ncc(-c2ccc3cc(-c4ccc5nc([C@@H]6CCCN6C(=O)[C@@H](NC(=O)OC)C(C)C)[nH]c5c4)ccc3n2)[nH]1)C(C)C. The Morgan fingerprint density at radius 2 is 1.29 bits per heavy atom. The second kappa shape index (κ2) is 16.0. The van der Waals surface area contributed by atoms with Crippen LogP contribution in [0.15, 0.2) is 54.7 Å². The topological polar surface area (TPSA) is 188 Å². The molecule has 0 bridgehead atoms. The van der Waals surface area contributed by atoms with Crippen LogP contribution >= 0.6 is 0 Å². The number of alkyl carbamates (subject to hydrolysis) is 2. The van der Waals surface area contributed by atoms with Gasteiger partial charge in [-0.25, -0.2) is 24.5 Å². The summed E-state index contributed by atoms with van der Waals surface area (Å²) in [5.74, 6) is 0.877. The van der Waals surface area contributed by atoms with Gasteiger partial charge in [-0.1, -0.05) is 45.9 Å². The molecule has 15 heteroatoms. The number of fused-ring (bicyclic) bond motifs is 2. The van der Waals surface area contributed by atoms with E-state index < -0.39 is 24.3 Å². The Labute approximate surface area is 324 Å². The van der Waals surface area contributed by atoms with E-state index in [0.717, 1.165) is 76.0 Å². The van der Waals surface area contributed by atoms with Crippen molar-refractivity contribution >= 4 is 45.9 Å². The molecule has 4 amide bonds. The van der Waals surface area contributed by atoms with Crippen LogP contribution in [0.4, 0.5) is 9.59 Å².